The summed E-state index contributed by atoms with van der Waals surface area (Å²) in [5.74, 6) is -0.619. The van der Waals surface area contributed by atoms with Crippen LogP contribution in [0, 0.1) is 5.82 Å². The molecule has 0 aliphatic carbocycles. The predicted molar refractivity (Wildman–Crippen MR) is 69.3 cm³/mol. The molecule has 1 aliphatic heterocycles. The maximum absolute atomic E-state index is 12.8. The predicted octanol–water partition coefficient (Wildman–Crippen LogP) is 3.27. The molecular formula is C13H12FNO2S. The van der Waals surface area contributed by atoms with Gasteiger partial charge in [0.2, 0.25) is 0 Å². The number of carbonyl (C=O) groups excluding carboxylic acids is 2. The molecule has 1 aromatic carbocycles. The van der Waals surface area contributed by atoms with Crippen LogP contribution in [0.2, 0.25) is 0 Å². The number of rotatable bonds is 2. The fourth-order valence-corrected chi connectivity index (χ4v) is 2.60. The minimum Gasteiger partial charge on any atom is -0.268 e. The van der Waals surface area contributed by atoms with Crippen LogP contribution in [0.4, 0.5) is 9.18 Å². The van der Waals surface area contributed by atoms with E-state index >= 15 is 0 Å². The van der Waals surface area contributed by atoms with E-state index in [1.807, 2.05) is 0 Å². The zero-order valence-corrected chi connectivity index (χ0v) is 10.8. The molecule has 3 nitrogen and oxygen atoms in total. The van der Waals surface area contributed by atoms with Gasteiger partial charge in [-0.1, -0.05) is 12.1 Å². The SMILES string of the molecule is CC(C)N1C(=O)S/C(=C\c2ccc(F)cc2)C1=O. The van der Waals surface area contributed by atoms with Gasteiger partial charge in [-0.2, -0.15) is 0 Å². The Labute approximate surface area is 109 Å². The van der Waals surface area contributed by atoms with E-state index in [0.29, 0.717) is 10.5 Å². The van der Waals surface area contributed by atoms with Crippen molar-refractivity contribution in [2.75, 3.05) is 0 Å². The molecule has 0 aromatic heterocycles. The number of thioether (sulfide) groups is 1. The number of benzene rings is 1. The van der Waals surface area contributed by atoms with Gasteiger partial charge in [0.05, 0.1) is 4.91 Å². The fraction of sp³-hybridized carbons (Fsp3) is 0.231. The van der Waals surface area contributed by atoms with Crippen LogP contribution in [0.15, 0.2) is 29.2 Å². The Kier molecular flexibility index (Phi) is 3.52. The normalized spacial score (nSPS) is 18.2. The Balaban J connectivity index is 2.28. The van der Waals surface area contributed by atoms with Crippen LogP contribution < -0.4 is 0 Å². The van der Waals surface area contributed by atoms with Gasteiger partial charge in [0.15, 0.2) is 0 Å². The molecule has 1 aliphatic rings. The number of nitrogens with zero attached hydrogens (tertiary/aromatic N) is 1. The molecule has 1 aromatic rings. The quantitative estimate of drug-likeness (QED) is 0.770. The Morgan fingerprint density at radius 2 is 1.83 bits per heavy atom. The molecule has 2 amide bonds. The largest absolute Gasteiger partial charge is 0.293 e. The first-order valence-electron chi connectivity index (χ1n) is 5.51. The van der Waals surface area contributed by atoms with E-state index in [-0.39, 0.29) is 23.0 Å². The summed E-state index contributed by atoms with van der Waals surface area (Å²) in [6.07, 6.45) is 1.60. The van der Waals surface area contributed by atoms with Crippen molar-refractivity contribution >= 4 is 29.0 Å². The van der Waals surface area contributed by atoms with Crippen molar-refractivity contribution < 1.29 is 14.0 Å². The zero-order valence-electron chi connectivity index (χ0n) is 10.0. The van der Waals surface area contributed by atoms with Crippen LogP contribution in [0.25, 0.3) is 6.08 Å². The average Bonchev–Trinajstić information content (AvgIpc) is 2.57. The number of carbonyl (C=O) groups is 2. The molecule has 0 unspecified atom stereocenters. The lowest BCUT2D eigenvalue weighted by atomic mass is 10.2. The first kappa shape index (κ1) is 12.8. The van der Waals surface area contributed by atoms with Crippen molar-refractivity contribution in [3.63, 3.8) is 0 Å². The topological polar surface area (TPSA) is 37.4 Å². The fourth-order valence-electron chi connectivity index (χ4n) is 1.64. The molecule has 2 rings (SSSR count). The van der Waals surface area contributed by atoms with E-state index < -0.39 is 0 Å². The molecule has 5 heteroatoms. The average molecular weight is 265 g/mol. The summed E-state index contributed by atoms with van der Waals surface area (Å²) < 4.78 is 12.8. The van der Waals surface area contributed by atoms with Gasteiger partial charge in [0.25, 0.3) is 11.1 Å². The summed E-state index contributed by atoms with van der Waals surface area (Å²) >= 11 is 0.914. The molecule has 0 bridgehead atoms. The molecule has 0 saturated carbocycles. The van der Waals surface area contributed by atoms with Crippen LogP contribution in [0.1, 0.15) is 19.4 Å². The molecule has 94 valence electrons. The number of amides is 2. The zero-order chi connectivity index (χ0) is 13.3. The van der Waals surface area contributed by atoms with Crippen LogP contribution in [-0.2, 0) is 4.79 Å². The van der Waals surface area contributed by atoms with Crippen LogP contribution in [0.5, 0.6) is 0 Å². The van der Waals surface area contributed by atoms with Crippen molar-refractivity contribution in [1.29, 1.82) is 0 Å². The number of imide groups is 1. The molecular weight excluding hydrogens is 253 g/mol. The number of halogens is 1. The second-order valence-electron chi connectivity index (χ2n) is 4.20. The van der Waals surface area contributed by atoms with Gasteiger partial charge in [0, 0.05) is 6.04 Å². The Hall–Kier alpha value is -1.62. The molecule has 0 radical (unpaired) electrons. The van der Waals surface area contributed by atoms with Crippen molar-refractivity contribution in [2.24, 2.45) is 0 Å². The van der Waals surface area contributed by atoms with Gasteiger partial charge in [0.1, 0.15) is 5.82 Å². The van der Waals surface area contributed by atoms with E-state index in [1.165, 1.54) is 17.0 Å². The van der Waals surface area contributed by atoms with Gasteiger partial charge < -0.3 is 0 Å². The highest BCUT2D eigenvalue weighted by Gasteiger charge is 2.36. The second kappa shape index (κ2) is 4.94. The lowest BCUT2D eigenvalue weighted by molar-refractivity contribution is -0.123. The highest BCUT2D eigenvalue weighted by molar-refractivity contribution is 8.18. The number of hydrogen-bond acceptors (Lipinski definition) is 3. The van der Waals surface area contributed by atoms with Gasteiger partial charge in [-0.15, -0.1) is 0 Å². The van der Waals surface area contributed by atoms with E-state index in [2.05, 4.69) is 0 Å². The highest BCUT2D eigenvalue weighted by atomic mass is 32.2. The van der Waals surface area contributed by atoms with E-state index in [4.69, 9.17) is 0 Å². The van der Waals surface area contributed by atoms with Gasteiger partial charge in [-0.25, -0.2) is 4.39 Å². The first-order chi connectivity index (χ1) is 8.49. The van der Waals surface area contributed by atoms with E-state index in [0.717, 1.165) is 11.8 Å². The molecule has 0 N–H and O–H groups in total. The molecule has 18 heavy (non-hydrogen) atoms. The third-order valence-corrected chi connectivity index (χ3v) is 3.39. The third-order valence-electron chi connectivity index (χ3n) is 2.51. The maximum atomic E-state index is 12.8. The van der Waals surface area contributed by atoms with Gasteiger partial charge >= 0.3 is 0 Å². The monoisotopic (exact) mass is 265 g/mol. The van der Waals surface area contributed by atoms with Gasteiger partial charge in [-0.05, 0) is 49.4 Å². The second-order valence-corrected chi connectivity index (χ2v) is 5.19. The van der Waals surface area contributed by atoms with E-state index in [1.54, 1.807) is 32.1 Å². The molecule has 1 fully saturated rings. The minimum atomic E-state index is -0.331. The lowest BCUT2D eigenvalue weighted by Gasteiger charge is -2.16. The van der Waals surface area contributed by atoms with Crippen LogP contribution in [-0.4, -0.2) is 22.1 Å². The first-order valence-corrected chi connectivity index (χ1v) is 6.33. The Bertz CT molecular complexity index is 522. The van der Waals surface area contributed by atoms with Crippen molar-refractivity contribution in [2.45, 2.75) is 19.9 Å². The summed E-state index contributed by atoms with van der Waals surface area (Å²) in [5.41, 5.74) is 0.700. The summed E-state index contributed by atoms with van der Waals surface area (Å²) in [6, 6.07) is 5.62. The molecule has 1 saturated heterocycles. The van der Waals surface area contributed by atoms with Crippen molar-refractivity contribution in [1.82, 2.24) is 4.90 Å². The van der Waals surface area contributed by atoms with Crippen LogP contribution >= 0.6 is 11.8 Å². The maximum Gasteiger partial charge on any atom is 0.293 e. The van der Waals surface area contributed by atoms with Crippen molar-refractivity contribution in [3.8, 4) is 0 Å². The lowest BCUT2D eigenvalue weighted by Crippen LogP contribution is -2.34. The summed E-state index contributed by atoms with van der Waals surface area (Å²) in [5, 5.41) is -0.261. The van der Waals surface area contributed by atoms with Crippen molar-refractivity contribution in [3.05, 3.63) is 40.6 Å². The van der Waals surface area contributed by atoms with Gasteiger partial charge in [-0.3, -0.25) is 14.5 Å². The van der Waals surface area contributed by atoms with E-state index in [9.17, 15) is 14.0 Å². The summed E-state index contributed by atoms with van der Waals surface area (Å²) in [7, 11) is 0. The Morgan fingerprint density at radius 1 is 1.22 bits per heavy atom. The molecule has 0 atom stereocenters. The third kappa shape index (κ3) is 2.46. The highest BCUT2D eigenvalue weighted by Crippen LogP contribution is 2.33. The van der Waals surface area contributed by atoms with Crippen LogP contribution in [0.3, 0.4) is 0 Å². The minimum absolute atomic E-state index is 0.156. The summed E-state index contributed by atoms with van der Waals surface area (Å²) in [4.78, 5) is 25.2. The smallest absolute Gasteiger partial charge is 0.268 e. The molecule has 0 spiro atoms. The summed E-state index contributed by atoms with van der Waals surface area (Å²) in [6.45, 7) is 3.58. The Morgan fingerprint density at radius 3 is 2.33 bits per heavy atom. The number of hydrogen-bond donors (Lipinski definition) is 0. The standard InChI is InChI=1S/C13H12FNO2S/c1-8(2)15-12(16)11(18-13(15)17)7-9-3-5-10(14)6-4-9/h3-8H,1-2H3/b11-7-. The molecule has 1 heterocycles.